The predicted octanol–water partition coefficient (Wildman–Crippen LogP) is 4.75. The van der Waals surface area contributed by atoms with Crippen molar-refractivity contribution < 1.29 is 13.9 Å². The SMILES string of the molecule is Cc1cc(C)cc(-c2nc3ccc(C(=O)OCCN4CCCCC4)cc3o2)c1. The van der Waals surface area contributed by atoms with Crippen LogP contribution in [0.1, 0.15) is 40.7 Å². The summed E-state index contributed by atoms with van der Waals surface area (Å²) in [4.78, 5) is 19.3. The lowest BCUT2D eigenvalue weighted by Gasteiger charge is -2.25. The van der Waals surface area contributed by atoms with E-state index in [0.29, 0.717) is 23.6 Å². The number of fused-ring (bicyclic) bond motifs is 1. The summed E-state index contributed by atoms with van der Waals surface area (Å²) in [6.07, 6.45) is 3.77. The van der Waals surface area contributed by atoms with Gasteiger partial charge >= 0.3 is 5.97 Å². The number of oxazole rings is 1. The molecule has 1 aromatic heterocycles. The molecule has 2 heterocycles. The minimum atomic E-state index is -0.316. The maximum atomic E-state index is 12.4. The van der Waals surface area contributed by atoms with Gasteiger partial charge in [0, 0.05) is 12.1 Å². The number of benzene rings is 2. The van der Waals surface area contributed by atoms with Gasteiger partial charge in [-0.1, -0.05) is 23.6 Å². The normalized spacial score (nSPS) is 15.1. The van der Waals surface area contributed by atoms with Crippen molar-refractivity contribution in [3.63, 3.8) is 0 Å². The predicted molar refractivity (Wildman–Crippen MR) is 109 cm³/mol. The minimum absolute atomic E-state index is 0.316. The molecule has 146 valence electrons. The van der Waals surface area contributed by atoms with Gasteiger partial charge in [-0.05, 0) is 70.1 Å². The van der Waals surface area contributed by atoms with Gasteiger partial charge in [0.1, 0.15) is 12.1 Å². The van der Waals surface area contributed by atoms with Crippen LogP contribution >= 0.6 is 0 Å². The number of piperidine rings is 1. The van der Waals surface area contributed by atoms with E-state index in [0.717, 1.165) is 41.8 Å². The fourth-order valence-electron chi connectivity index (χ4n) is 3.81. The van der Waals surface area contributed by atoms with Gasteiger partial charge in [0.05, 0.1) is 5.56 Å². The molecule has 0 radical (unpaired) electrons. The molecule has 28 heavy (non-hydrogen) atoms. The first kappa shape index (κ1) is 18.7. The second-order valence-electron chi connectivity index (χ2n) is 7.62. The van der Waals surface area contributed by atoms with Crippen LogP contribution in [0.2, 0.25) is 0 Å². The molecule has 1 aliphatic rings. The summed E-state index contributed by atoms with van der Waals surface area (Å²) < 4.78 is 11.4. The summed E-state index contributed by atoms with van der Waals surface area (Å²) in [5, 5.41) is 0. The van der Waals surface area contributed by atoms with Gasteiger partial charge in [-0.15, -0.1) is 0 Å². The molecule has 0 bridgehead atoms. The van der Waals surface area contributed by atoms with Crippen LogP contribution in [0.4, 0.5) is 0 Å². The standard InChI is InChI=1S/C23H26N2O3/c1-16-12-17(2)14-19(13-16)22-24-20-7-6-18(15-21(20)28-22)23(26)27-11-10-25-8-4-3-5-9-25/h6-7,12-15H,3-5,8-11H2,1-2H3. The van der Waals surface area contributed by atoms with E-state index in [2.05, 4.69) is 29.8 Å². The van der Waals surface area contributed by atoms with Crippen molar-refractivity contribution in [1.29, 1.82) is 0 Å². The smallest absolute Gasteiger partial charge is 0.338 e. The van der Waals surface area contributed by atoms with E-state index in [4.69, 9.17) is 9.15 Å². The van der Waals surface area contributed by atoms with E-state index in [1.807, 2.05) is 18.2 Å². The van der Waals surface area contributed by atoms with Crippen LogP contribution in [0.15, 0.2) is 40.8 Å². The molecule has 1 saturated heterocycles. The number of ether oxygens (including phenoxy) is 1. The Hall–Kier alpha value is -2.66. The van der Waals surface area contributed by atoms with Crippen LogP contribution < -0.4 is 0 Å². The first-order chi connectivity index (χ1) is 13.6. The molecular weight excluding hydrogens is 352 g/mol. The number of aryl methyl sites for hydroxylation is 2. The lowest BCUT2D eigenvalue weighted by Crippen LogP contribution is -2.33. The third kappa shape index (κ3) is 4.25. The lowest BCUT2D eigenvalue weighted by atomic mass is 10.1. The highest BCUT2D eigenvalue weighted by molar-refractivity contribution is 5.93. The molecule has 3 aromatic rings. The summed E-state index contributed by atoms with van der Waals surface area (Å²) in [7, 11) is 0. The van der Waals surface area contributed by atoms with Crippen LogP contribution in [0.25, 0.3) is 22.6 Å². The van der Waals surface area contributed by atoms with E-state index >= 15 is 0 Å². The fraction of sp³-hybridized carbons (Fsp3) is 0.391. The topological polar surface area (TPSA) is 55.6 Å². The number of aromatic nitrogens is 1. The highest BCUT2D eigenvalue weighted by atomic mass is 16.5. The monoisotopic (exact) mass is 378 g/mol. The number of hydrogen-bond acceptors (Lipinski definition) is 5. The Bertz CT molecular complexity index is 966. The molecule has 0 N–H and O–H groups in total. The zero-order chi connectivity index (χ0) is 19.5. The lowest BCUT2D eigenvalue weighted by molar-refractivity contribution is 0.0452. The fourth-order valence-corrected chi connectivity index (χ4v) is 3.81. The van der Waals surface area contributed by atoms with Crippen molar-refractivity contribution in [2.75, 3.05) is 26.2 Å². The Kier molecular flexibility index (Phi) is 5.44. The number of likely N-dealkylation sites (tertiary alicyclic amines) is 1. The van der Waals surface area contributed by atoms with E-state index in [1.165, 1.54) is 19.3 Å². The number of carbonyl (C=O) groups is 1. The van der Waals surface area contributed by atoms with Crippen LogP contribution in [-0.2, 0) is 4.74 Å². The Morgan fingerprint density at radius 1 is 1.07 bits per heavy atom. The van der Waals surface area contributed by atoms with Crippen molar-refractivity contribution in [3.8, 4) is 11.5 Å². The molecule has 5 nitrogen and oxygen atoms in total. The second-order valence-corrected chi connectivity index (χ2v) is 7.62. The van der Waals surface area contributed by atoms with Crippen molar-refractivity contribution >= 4 is 17.1 Å². The molecule has 1 fully saturated rings. The highest BCUT2D eigenvalue weighted by Gasteiger charge is 2.15. The Morgan fingerprint density at radius 2 is 1.82 bits per heavy atom. The third-order valence-corrected chi connectivity index (χ3v) is 5.18. The molecular formula is C23H26N2O3. The highest BCUT2D eigenvalue weighted by Crippen LogP contribution is 2.26. The third-order valence-electron chi connectivity index (χ3n) is 5.18. The van der Waals surface area contributed by atoms with Crippen molar-refractivity contribution in [2.45, 2.75) is 33.1 Å². The minimum Gasteiger partial charge on any atom is -0.461 e. The maximum absolute atomic E-state index is 12.4. The summed E-state index contributed by atoms with van der Waals surface area (Å²) in [6, 6.07) is 11.5. The zero-order valence-electron chi connectivity index (χ0n) is 16.5. The zero-order valence-corrected chi connectivity index (χ0v) is 16.5. The average Bonchev–Trinajstić information content (AvgIpc) is 3.11. The molecule has 2 aromatic carbocycles. The van der Waals surface area contributed by atoms with Crippen molar-refractivity contribution in [1.82, 2.24) is 9.88 Å². The van der Waals surface area contributed by atoms with Crippen LogP contribution in [0.3, 0.4) is 0 Å². The molecule has 5 heteroatoms. The first-order valence-electron chi connectivity index (χ1n) is 9.97. The molecule has 0 atom stereocenters. The number of nitrogens with zero attached hydrogens (tertiary/aromatic N) is 2. The van der Waals surface area contributed by atoms with E-state index in [9.17, 15) is 4.79 Å². The maximum Gasteiger partial charge on any atom is 0.338 e. The van der Waals surface area contributed by atoms with Gasteiger partial charge in [0.15, 0.2) is 5.58 Å². The van der Waals surface area contributed by atoms with Gasteiger partial charge in [-0.25, -0.2) is 9.78 Å². The Labute approximate surface area is 165 Å². The first-order valence-corrected chi connectivity index (χ1v) is 9.97. The Morgan fingerprint density at radius 3 is 2.57 bits per heavy atom. The quantitative estimate of drug-likeness (QED) is 0.600. The van der Waals surface area contributed by atoms with Gasteiger partial charge in [-0.3, -0.25) is 4.90 Å². The average molecular weight is 378 g/mol. The summed E-state index contributed by atoms with van der Waals surface area (Å²) in [5.74, 6) is 0.251. The number of carbonyl (C=O) groups excluding carboxylic acids is 1. The molecule has 0 amide bonds. The van der Waals surface area contributed by atoms with E-state index < -0.39 is 0 Å². The van der Waals surface area contributed by atoms with Gasteiger partial charge in [-0.2, -0.15) is 0 Å². The Balaban J connectivity index is 1.45. The van der Waals surface area contributed by atoms with Crippen LogP contribution in [0, 0.1) is 13.8 Å². The molecule has 0 spiro atoms. The summed E-state index contributed by atoms with van der Waals surface area (Å²) >= 11 is 0. The molecule has 1 aliphatic heterocycles. The van der Waals surface area contributed by atoms with Gasteiger partial charge in [0.25, 0.3) is 0 Å². The van der Waals surface area contributed by atoms with E-state index in [1.54, 1.807) is 12.1 Å². The summed E-state index contributed by atoms with van der Waals surface area (Å²) in [5.41, 5.74) is 5.10. The number of rotatable bonds is 5. The van der Waals surface area contributed by atoms with Crippen LogP contribution in [-0.4, -0.2) is 42.1 Å². The molecule has 0 aliphatic carbocycles. The van der Waals surface area contributed by atoms with Crippen molar-refractivity contribution in [3.05, 3.63) is 53.1 Å². The summed E-state index contributed by atoms with van der Waals surface area (Å²) in [6.45, 7) is 7.52. The molecule has 0 saturated carbocycles. The largest absolute Gasteiger partial charge is 0.461 e. The van der Waals surface area contributed by atoms with E-state index in [-0.39, 0.29) is 5.97 Å². The van der Waals surface area contributed by atoms with Gasteiger partial charge < -0.3 is 9.15 Å². The second kappa shape index (κ2) is 8.15. The van der Waals surface area contributed by atoms with Crippen LogP contribution in [0.5, 0.6) is 0 Å². The molecule has 4 rings (SSSR count). The number of hydrogen-bond donors (Lipinski definition) is 0. The van der Waals surface area contributed by atoms with Gasteiger partial charge in [0.2, 0.25) is 5.89 Å². The molecule has 0 unspecified atom stereocenters. The number of esters is 1. The van der Waals surface area contributed by atoms with Crippen molar-refractivity contribution in [2.24, 2.45) is 0 Å².